The zero-order valence-electron chi connectivity index (χ0n) is 12.7. The highest BCUT2D eigenvalue weighted by molar-refractivity contribution is 5.59. The number of aromatic nitrogens is 2. The minimum absolute atomic E-state index is 0.00222. The van der Waals surface area contributed by atoms with Gasteiger partial charge in [0.05, 0.1) is 17.2 Å². The average Bonchev–Trinajstić information content (AvgIpc) is 2.61. The Labute approximate surface area is 137 Å². The number of nitriles is 1. The number of nitrogens with zero attached hydrogens (tertiary/aromatic N) is 5. The molecule has 124 valence electrons. The standard InChI is InChI=1S/C16H14F3N5/c17-16(18,19)13-10-12(11-20)2-3-14(13)23-6-8-24(9-7-23)15-21-4-1-5-22-15/h1-5,10H,6-9H2. The number of hydrogen-bond donors (Lipinski definition) is 0. The van der Waals surface area contributed by atoms with Crippen LogP contribution in [0.4, 0.5) is 24.8 Å². The first-order chi connectivity index (χ1) is 11.5. The summed E-state index contributed by atoms with van der Waals surface area (Å²) < 4.78 is 39.9. The Morgan fingerprint density at radius 3 is 2.21 bits per heavy atom. The third-order valence-electron chi connectivity index (χ3n) is 3.89. The summed E-state index contributed by atoms with van der Waals surface area (Å²) in [5, 5.41) is 8.84. The number of piperazine rings is 1. The average molecular weight is 333 g/mol. The van der Waals surface area contributed by atoms with Crippen molar-refractivity contribution in [3.63, 3.8) is 0 Å². The third-order valence-corrected chi connectivity index (χ3v) is 3.89. The Morgan fingerprint density at radius 1 is 1.00 bits per heavy atom. The fraction of sp³-hybridized carbons (Fsp3) is 0.312. The molecule has 0 bridgehead atoms. The summed E-state index contributed by atoms with van der Waals surface area (Å²) in [5.74, 6) is 0.577. The predicted molar refractivity (Wildman–Crippen MR) is 82.6 cm³/mol. The summed E-state index contributed by atoms with van der Waals surface area (Å²) in [6.45, 7) is 1.91. The SMILES string of the molecule is N#Cc1ccc(N2CCN(c3ncccn3)CC2)c(C(F)(F)F)c1. The van der Waals surface area contributed by atoms with Crippen molar-refractivity contribution in [2.75, 3.05) is 36.0 Å². The predicted octanol–water partition coefficient (Wildman–Crippen LogP) is 2.69. The van der Waals surface area contributed by atoms with Crippen molar-refractivity contribution in [1.29, 1.82) is 5.26 Å². The number of halogens is 3. The zero-order chi connectivity index (χ0) is 17.2. The summed E-state index contributed by atoms with van der Waals surface area (Å²) in [4.78, 5) is 11.9. The molecule has 0 spiro atoms. The molecule has 2 aromatic rings. The molecule has 2 heterocycles. The minimum atomic E-state index is -4.50. The van der Waals surface area contributed by atoms with Crippen LogP contribution in [0.2, 0.25) is 0 Å². The van der Waals surface area contributed by atoms with Crippen LogP contribution in [0, 0.1) is 11.3 Å². The summed E-state index contributed by atoms with van der Waals surface area (Å²) in [6, 6.07) is 7.16. The van der Waals surface area contributed by atoms with Gasteiger partial charge < -0.3 is 9.80 Å². The van der Waals surface area contributed by atoms with Crippen LogP contribution in [-0.2, 0) is 6.18 Å². The van der Waals surface area contributed by atoms with E-state index in [2.05, 4.69) is 9.97 Å². The molecule has 1 fully saturated rings. The van der Waals surface area contributed by atoms with Gasteiger partial charge in [0, 0.05) is 44.3 Å². The van der Waals surface area contributed by atoms with Crippen molar-refractivity contribution in [3.8, 4) is 6.07 Å². The fourth-order valence-corrected chi connectivity index (χ4v) is 2.71. The van der Waals surface area contributed by atoms with Gasteiger partial charge in [-0.15, -0.1) is 0 Å². The smallest absolute Gasteiger partial charge is 0.367 e. The Bertz CT molecular complexity index is 747. The molecule has 1 aromatic carbocycles. The molecule has 0 atom stereocenters. The second-order valence-electron chi connectivity index (χ2n) is 5.36. The molecular formula is C16H14F3N5. The Kier molecular flexibility index (Phi) is 4.25. The molecule has 3 rings (SSSR count). The Morgan fingerprint density at radius 2 is 1.62 bits per heavy atom. The Hall–Kier alpha value is -2.82. The molecule has 0 unspecified atom stereocenters. The van der Waals surface area contributed by atoms with E-state index >= 15 is 0 Å². The highest BCUT2D eigenvalue weighted by Gasteiger charge is 2.36. The number of benzene rings is 1. The lowest BCUT2D eigenvalue weighted by Gasteiger charge is -2.37. The maximum atomic E-state index is 13.3. The van der Waals surface area contributed by atoms with Crippen molar-refractivity contribution < 1.29 is 13.2 Å². The van der Waals surface area contributed by atoms with Gasteiger partial charge in [0.2, 0.25) is 5.95 Å². The minimum Gasteiger partial charge on any atom is -0.367 e. The van der Waals surface area contributed by atoms with E-state index in [0.717, 1.165) is 6.07 Å². The first-order valence-corrected chi connectivity index (χ1v) is 7.37. The second-order valence-corrected chi connectivity index (χ2v) is 5.36. The van der Waals surface area contributed by atoms with Gasteiger partial charge in [-0.05, 0) is 24.3 Å². The molecule has 0 radical (unpaired) electrons. The molecule has 0 N–H and O–H groups in total. The van der Waals surface area contributed by atoms with E-state index in [0.29, 0.717) is 32.1 Å². The topological polar surface area (TPSA) is 56.1 Å². The van der Waals surface area contributed by atoms with E-state index < -0.39 is 11.7 Å². The summed E-state index contributed by atoms with van der Waals surface area (Å²) in [6.07, 6.45) is -1.23. The normalized spacial score (nSPS) is 15.2. The summed E-state index contributed by atoms with van der Waals surface area (Å²) >= 11 is 0. The van der Waals surface area contributed by atoms with Gasteiger partial charge in [0.15, 0.2) is 0 Å². The first-order valence-electron chi connectivity index (χ1n) is 7.37. The van der Waals surface area contributed by atoms with Crippen LogP contribution in [0.3, 0.4) is 0 Å². The fourth-order valence-electron chi connectivity index (χ4n) is 2.71. The highest BCUT2D eigenvalue weighted by Crippen LogP contribution is 2.37. The lowest BCUT2D eigenvalue weighted by atomic mass is 10.1. The quantitative estimate of drug-likeness (QED) is 0.846. The number of hydrogen-bond acceptors (Lipinski definition) is 5. The van der Waals surface area contributed by atoms with Gasteiger partial charge in [-0.3, -0.25) is 0 Å². The molecule has 1 aromatic heterocycles. The van der Waals surface area contributed by atoms with Crippen LogP contribution < -0.4 is 9.80 Å². The van der Waals surface area contributed by atoms with Crippen LogP contribution >= 0.6 is 0 Å². The van der Waals surface area contributed by atoms with Crippen LogP contribution in [-0.4, -0.2) is 36.1 Å². The van der Waals surface area contributed by atoms with Gasteiger partial charge in [0.25, 0.3) is 0 Å². The van der Waals surface area contributed by atoms with Crippen LogP contribution in [0.1, 0.15) is 11.1 Å². The van der Waals surface area contributed by atoms with Gasteiger partial charge in [-0.25, -0.2) is 9.97 Å². The molecule has 8 heteroatoms. The molecule has 1 aliphatic heterocycles. The molecule has 5 nitrogen and oxygen atoms in total. The third kappa shape index (κ3) is 3.25. The molecule has 1 aliphatic rings. The number of anilines is 2. The molecule has 0 aliphatic carbocycles. The summed E-state index contributed by atoms with van der Waals surface area (Å²) in [7, 11) is 0. The van der Waals surface area contributed by atoms with E-state index in [4.69, 9.17) is 5.26 Å². The van der Waals surface area contributed by atoms with E-state index in [-0.39, 0.29) is 11.3 Å². The van der Waals surface area contributed by atoms with E-state index in [1.165, 1.54) is 12.1 Å². The first kappa shape index (κ1) is 16.1. The molecule has 1 saturated heterocycles. The van der Waals surface area contributed by atoms with Gasteiger partial charge in [0.1, 0.15) is 0 Å². The van der Waals surface area contributed by atoms with E-state index in [9.17, 15) is 13.2 Å². The van der Waals surface area contributed by atoms with Crippen LogP contribution in [0.5, 0.6) is 0 Å². The van der Waals surface area contributed by atoms with E-state index in [1.54, 1.807) is 29.4 Å². The molecular weight excluding hydrogens is 319 g/mol. The largest absolute Gasteiger partial charge is 0.418 e. The second kappa shape index (κ2) is 6.35. The highest BCUT2D eigenvalue weighted by atomic mass is 19.4. The molecule has 0 amide bonds. The van der Waals surface area contributed by atoms with Crippen molar-refractivity contribution in [2.45, 2.75) is 6.18 Å². The number of rotatable bonds is 2. The molecule has 0 saturated carbocycles. The van der Waals surface area contributed by atoms with Crippen molar-refractivity contribution in [3.05, 3.63) is 47.8 Å². The van der Waals surface area contributed by atoms with Gasteiger partial charge in [-0.1, -0.05) is 0 Å². The lowest BCUT2D eigenvalue weighted by Crippen LogP contribution is -2.47. The maximum Gasteiger partial charge on any atom is 0.418 e. The maximum absolute atomic E-state index is 13.3. The van der Waals surface area contributed by atoms with Crippen molar-refractivity contribution in [2.24, 2.45) is 0 Å². The summed E-state index contributed by atoms with van der Waals surface area (Å²) in [5.41, 5.74) is -0.663. The van der Waals surface area contributed by atoms with Crippen molar-refractivity contribution >= 4 is 11.6 Å². The Balaban J connectivity index is 1.81. The van der Waals surface area contributed by atoms with Gasteiger partial charge >= 0.3 is 6.18 Å². The van der Waals surface area contributed by atoms with E-state index in [1.807, 2.05) is 4.90 Å². The molecule has 24 heavy (non-hydrogen) atoms. The number of alkyl halides is 3. The lowest BCUT2D eigenvalue weighted by molar-refractivity contribution is -0.137. The monoisotopic (exact) mass is 333 g/mol. The van der Waals surface area contributed by atoms with Crippen LogP contribution in [0.25, 0.3) is 0 Å². The van der Waals surface area contributed by atoms with Crippen molar-refractivity contribution in [1.82, 2.24) is 9.97 Å². The van der Waals surface area contributed by atoms with Crippen LogP contribution in [0.15, 0.2) is 36.7 Å². The van der Waals surface area contributed by atoms with Gasteiger partial charge in [-0.2, -0.15) is 18.4 Å². The zero-order valence-corrected chi connectivity index (χ0v) is 12.7.